The molecule has 3 N–H and O–H groups in total. The van der Waals surface area contributed by atoms with Gasteiger partial charge >= 0.3 is 0 Å². The van der Waals surface area contributed by atoms with E-state index in [4.69, 9.17) is 9.73 Å². The van der Waals surface area contributed by atoms with Crippen LogP contribution in [0.2, 0.25) is 0 Å². The second kappa shape index (κ2) is 8.61. The Kier molecular flexibility index (Phi) is 5.74. The van der Waals surface area contributed by atoms with Crippen LogP contribution >= 0.6 is 11.8 Å². The van der Waals surface area contributed by atoms with Crippen LogP contribution in [0.25, 0.3) is 0 Å². The van der Waals surface area contributed by atoms with Gasteiger partial charge in [0, 0.05) is 46.2 Å². The molecule has 0 bridgehead atoms. The lowest BCUT2D eigenvalue weighted by Gasteiger charge is -2.10. The summed E-state index contributed by atoms with van der Waals surface area (Å²) in [6.07, 6.45) is 0. The summed E-state index contributed by atoms with van der Waals surface area (Å²) in [4.78, 5) is 19.2. The molecule has 0 saturated heterocycles. The molecule has 7 heteroatoms. The third kappa shape index (κ3) is 4.03. The predicted molar refractivity (Wildman–Crippen MR) is 116 cm³/mol. The Hall–Kier alpha value is -3.29. The second-order valence-electron chi connectivity index (χ2n) is 6.69. The van der Waals surface area contributed by atoms with Crippen molar-refractivity contribution in [3.63, 3.8) is 0 Å². The van der Waals surface area contributed by atoms with Crippen LogP contribution in [0.1, 0.15) is 21.5 Å². The first-order chi connectivity index (χ1) is 14.6. The number of carbonyl (C=O) groups excluding carboxylic acids is 1. The Morgan fingerprint density at radius 2 is 1.87 bits per heavy atom. The van der Waals surface area contributed by atoms with Gasteiger partial charge in [0.2, 0.25) is 0 Å². The van der Waals surface area contributed by atoms with Crippen molar-refractivity contribution in [2.45, 2.75) is 9.79 Å². The summed E-state index contributed by atoms with van der Waals surface area (Å²) < 4.78 is 4.97. The maximum atomic E-state index is 12.5. The van der Waals surface area contributed by atoms with E-state index in [1.807, 2.05) is 30.3 Å². The lowest BCUT2D eigenvalue weighted by molar-refractivity contribution is 0.0937. The second-order valence-corrected chi connectivity index (χ2v) is 7.78. The topological polar surface area (TPSA) is 91.2 Å². The van der Waals surface area contributed by atoms with Crippen molar-refractivity contribution >= 4 is 29.1 Å². The van der Waals surface area contributed by atoms with Gasteiger partial charge in [0.25, 0.3) is 5.91 Å². The summed E-state index contributed by atoms with van der Waals surface area (Å²) in [5, 5.41) is 22.9. The Balaban J connectivity index is 1.82. The molecule has 0 radical (unpaired) electrons. The van der Waals surface area contributed by atoms with Crippen molar-refractivity contribution in [1.29, 1.82) is 0 Å². The molecule has 6 nitrogen and oxygen atoms in total. The molecule has 0 spiro atoms. The molecule has 3 aromatic rings. The van der Waals surface area contributed by atoms with Crippen LogP contribution in [0, 0.1) is 0 Å². The zero-order chi connectivity index (χ0) is 21.1. The summed E-state index contributed by atoms with van der Waals surface area (Å²) in [5.41, 5.74) is 3.08. The monoisotopic (exact) mass is 420 g/mol. The number of hydrogen-bond donors (Lipinski definition) is 3. The minimum absolute atomic E-state index is 0.0245. The lowest BCUT2D eigenvalue weighted by Crippen LogP contribution is -2.26. The summed E-state index contributed by atoms with van der Waals surface area (Å²) in [6, 6.07) is 17.6. The van der Waals surface area contributed by atoms with Crippen molar-refractivity contribution < 1.29 is 19.7 Å². The SMILES string of the molecule is COCCNC(=O)c1ccc2c(c1)N=C(c1ccc(O)cc1O)c1ccccc1S2. The number of amides is 1. The minimum atomic E-state index is -0.203. The molecule has 3 aromatic carbocycles. The number of phenolic OH excluding ortho intramolecular Hbond substituents is 2. The van der Waals surface area contributed by atoms with E-state index >= 15 is 0 Å². The quantitative estimate of drug-likeness (QED) is 0.423. The predicted octanol–water partition coefficient (Wildman–Crippen LogP) is 4.11. The highest BCUT2D eigenvalue weighted by molar-refractivity contribution is 7.99. The molecule has 0 saturated carbocycles. The molecule has 0 fully saturated rings. The normalized spacial score (nSPS) is 12.4. The lowest BCUT2D eigenvalue weighted by atomic mass is 10.0. The fourth-order valence-corrected chi connectivity index (χ4v) is 4.18. The fraction of sp³-hybridized carbons (Fsp3) is 0.130. The van der Waals surface area contributed by atoms with Gasteiger partial charge in [-0.05, 0) is 36.4 Å². The average Bonchev–Trinajstić information content (AvgIpc) is 2.90. The molecule has 0 unspecified atom stereocenters. The molecular formula is C23H20N2O4S. The number of fused-ring (bicyclic) bond motifs is 2. The third-order valence-electron chi connectivity index (χ3n) is 4.64. The van der Waals surface area contributed by atoms with Crippen LogP contribution < -0.4 is 5.32 Å². The van der Waals surface area contributed by atoms with E-state index in [0.717, 1.165) is 15.4 Å². The highest BCUT2D eigenvalue weighted by Crippen LogP contribution is 2.42. The number of carbonyl (C=O) groups is 1. The zero-order valence-electron chi connectivity index (χ0n) is 16.3. The van der Waals surface area contributed by atoms with Crippen molar-refractivity contribution in [1.82, 2.24) is 5.32 Å². The standard InChI is InChI=1S/C23H20N2O4S/c1-29-11-10-24-23(28)14-6-9-21-18(12-14)25-22(16-8-7-15(26)13-19(16)27)17-4-2-3-5-20(17)30-21/h2-9,12-13,26-27H,10-11H2,1H3,(H,24,28). The summed E-state index contributed by atoms with van der Waals surface area (Å²) >= 11 is 1.56. The molecule has 1 heterocycles. The van der Waals surface area contributed by atoms with Crippen LogP contribution in [0.15, 0.2) is 75.4 Å². The van der Waals surface area contributed by atoms with Crippen LogP contribution in [0.4, 0.5) is 5.69 Å². The number of ether oxygens (including phenoxy) is 1. The van der Waals surface area contributed by atoms with Crippen LogP contribution in [0.5, 0.6) is 11.5 Å². The minimum Gasteiger partial charge on any atom is -0.508 e. The number of aliphatic imine (C=N–C) groups is 1. The maximum Gasteiger partial charge on any atom is 0.251 e. The van der Waals surface area contributed by atoms with Gasteiger partial charge in [-0.1, -0.05) is 30.0 Å². The van der Waals surface area contributed by atoms with Gasteiger partial charge in [0.1, 0.15) is 11.5 Å². The molecule has 30 heavy (non-hydrogen) atoms. The number of aromatic hydroxyl groups is 2. The van der Waals surface area contributed by atoms with E-state index in [1.54, 1.807) is 37.1 Å². The molecule has 1 aliphatic rings. The van der Waals surface area contributed by atoms with Crippen molar-refractivity contribution in [2.75, 3.05) is 20.3 Å². The Bertz CT molecular complexity index is 1140. The summed E-state index contributed by atoms with van der Waals surface area (Å²) in [7, 11) is 1.58. The van der Waals surface area contributed by atoms with E-state index in [2.05, 4.69) is 5.32 Å². The fourth-order valence-electron chi connectivity index (χ4n) is 3.18. The highest BCUT2D eigenvalue weighted by atomic mass is 32.2. The number of hydrogen-bond acceptors (Lipinski definition) is 6. The summed E-state index contributed by atoms with van der Waals surface area (Å²) in [5.74, 6) is -0.292. The van der Waals surface area contributed by atoms with Crippen molar-refractivity contribution in [3.05, 3.63) is 77.4 Å². The Labute approximate surface area is 178 Å². The van der Waals surface area contributed by atoms with Gasteiger partial charge in [-0.25, -0.2) is 4.99 Å². The van der Waals surface area contributed by atoms with Crippen molar-refractivity contribution in [2.24, 2.45) is 4.99 Å². The van der Waals surface area contributed by atoms with E-state index in [1.165, 1.54) is 12.1 Å². The molecule has 0 aliphatic carbocycles. The number of benzene rings is 3. The van der Waals surface area contributed by atoms with Crippen LogP contribution in [-0.4, -0.2) is 42.1 Å². The third-order valence-corrected chi connectivity index (χ3v) is 5.78. The van der Waals surface area contributed by atoms with Crippen LogP contribution in [-0.2, 0) is 4.74 Å². The van der Waals surface area contributed by atoms with E-state index in [-0.39, 0.29) is 17.4 Å². The number of nitrogens with zero attached hydrogens (tertiary/aromatic N) is 1. The number of phenols is 2. The number of nitrogens with one attached hydrogen (secondary N) is 1. The zero-order valence-corrected chi connectivity index (χ0v) is 17.1. The van der Waals surface area contributed by atoms with Gasteiger partial charge in [0.05, 0.1) is 18.0 Å². The molecule has 4 rings (SSSR count). The first-order valence-electron chi connectivity index (χ1n) is 9.36. The van der Waals surface area contributed by atoms with Gasteiger partial charge in [-0.3, -0.25) is 4.79 Å². The van der Waals surface area contributed by atoms with Gasteiger partial charge < -0.3 is 20.3 Å². The molecule has 0 aromatic heterocycles. The average molecular weight is 420 g/mol. The smallest absolute Gasteiger partial charge is 0.251 e. The summed E-state index contributed by atoms with van der Waals surface area (Å²) in [6.45, 7) is 0.854. The van der Waals surface area contributed by atoms with Crippen molar-refractivity contribution in [3.8, 4) is 11.5 Å². The first-order valence-corrected chi connectivity index (χ1v) is 10.2. The van der Waals surface area contributed by atoms with E-state index in [9.17, 15) is 15.0 Å². The Morgan fingerprint density at radius 1 is 1.03 bits per heavy atom. The molecule has 0 atom stereocenters. The molecule has 152 valence electrons. The molecule has 1 aliphatic heterocycles. The van der Waals surface area contributed by atoms with Gasteiger partial charge in [0.15, 0.2) is 0 Å². The van der Waals surface area contributed by atoms with E-state index < -0.39 is 0 Å². The molecular weight excluding hydrogens is 400 g/mol. The highest BCUT2D eigenvalue weighted by Gasteiger charge is 2.21. The number of rotatable bonds is 5. The van der Waals surface area contributed by atoms with Crippen LogP contribution in [0.3, 0.4) is 0 Å². The van der Waals surface area contributed by atoms with E-state index in [0.29, 0.717) is 35.7 Å². The number of methoxy groups -OCH3 is 1. The maximum absolute atomic E-state index is 12.5. The van der Waals surface area contributed by atoms with Gasteiger partial charge in [-0.15, -0.1) is 0 Å². The molecule has 1 amide bonds. The largest absolute Gasteiger partial charge is 0.508 e. The Morgan fingerprint density at radius 3 is 2.67 bits per heavy atom. The van der Waals surface area contributed by atoms with Gasteiger partial charge in [-0.2, -0.15) is 0 Å². The first kappa shape index (κ1) is 20.0.